The van der Waals surface area contributed by atoms with Crippen molar-refractivity contribution >= 4 is 22.7 Å². The third-order valence-electron chi connectivity index (χ3n) is 2.99. The van der Waals surface area contributed by atoms with Crippen molar-refractivity contribution in [3.63, 3.8) is 0 Å². The van der Waals surface area contributed by atoms with E-state index < -0.39 is 10.7 Å². The van der Waals surface area contributed by atoms with Crippen LogP contribution in [0.25, 0.3) is 0 Å². The maximum absolute atomic E-state index is 13.8. The Kier molecular flexibility index (Phi) is 4.34. The van der Waals surface area contributed by atoms with Crippen LogP contribution in [0.15, 0.2) is 35.7 Å². The first-order valence-corrected chi connectivity index (χ1v) is 7.11. The summed E-state index contributed by atoms with van der Waals surface area (Å²) in [7, 11) is 0. The van der Waals surface area contributed by atoms with E-state index in [0.717, 1.165) is 17.0 Å². The van der Waals surface area contributed by atoms with Crippen LogP contribution < -0.4 is 5.32 Å². The van der Waals surface area contributed by atoms with Crippen LogP contribution >= 0.6 is 11.3 Å². The molecule has 0 radical (unpaired) electrons. The monoisotopic (exact) mass is 294 g/mol. The number of anilines is 1. The van der Waals surface area contributed by atoms with Crippen LogP contribution in [0.4, 0.5) is 15.8 Å². The largest absolute Gasteiger partial charge is 0.375 e. The average molecular weight is 294 g/mol. The van der Waals surface area contributed by atoms with E-state index in [-0.39, 0.29) is 23.3 Å². The fraction of sp³-hybridized carbons (Fsp3) is 0.286. The number of nitrogens with one attached hydrogen (secondary N) is 1. The number of nitro groups is 1. The lowest BCUT2D eigenvalue weighted by Crippen LogP contribution is -2.16. The Labute approximate surface area is 120 Å². The number of non-ortho nitro benzene ring substituents is 1. The van der Waals surface area contributed by atoms with Crippen molar-refractivity contribution in [3.8, 4) is 0 Å². The number of rotatable bonds is 5. The van der Waals surface area contributed by atoms with Gasteiger partial charge >= 0.3 is 0 Å². The number of nitro benzene ring substituents is 1. The van der Waals surface area contributed by atoms with Gasteiger partial charge in [-0.1, -0.05) is 19.9 Å². The zero-order chi connectivity index (χ0) is 14.7. The Hall–Kier alpha value is -1.95. The lowest BCUT2D eigenvalue weighted by atomic mass is 10.0. The molecule has 0 saturated heterocycles. The Balaban J connectivity index is 2.31. The molecule has 1 aromatic carbocycles. The van der Waals surface area contributed by atoms with Gasteiger partial charge in [0.25, 0.3) is 5.69 Å². The molecule has 0 aliphatic rings. The normalized spacial score (nSPS) is 12.4. The summed E-state index contributed by atoms with van der Waals surface area (Å²) in [6, 6.07) is 7.34. The van der Waals surface area contributed by atoms with Gasteiger partial charge in [0.2, 0.25) is 0 Å². The zero-order valence-corrected chi connectivity index (χ0v) is 12.0. The third-order valence-corrected chi connectivity index (χ3v) is 3.94. The van der Waals surface area contributed by atoms with Gasteiger partial charge in [-0.05, 0) is 23.4 Å². The molecule has 6 heteroatoms. The van der Waals surface area contributed by atoms with Gasteiger partial charge in [-0.2, -0.15) is 0 Å². The van der Waals surface area contributed by atoms with E-state index in [0.29, 0.717) is 0 Å². The van der Waals surface area contributed by atoms with Crippen molar-refractivity contribution in [1.29, 1.82) is 0 Å². The van der Waals surface area contributed by atoms with E-state index in [9.17, 15) is 14.5 Å². The summed E-state index contributed by atoms with van der Waals surface area (Å²) < 4.78 is 13.8. The molecule has 1 unspecified atom stereocenters. The van der Waals surface area contributed by atoms with E-state index in [4.69, 9.17) is 0 Å². The molecule has 0 saturated carbocycles. The number of thiophene rings is 1. The first-order valence-electron chi connectivity index (χ1n) is 6.23. The van der Waals surface area contributed by atoms with Gasteiger partial charge in [-0.25, -0.2) is 4.39 Å². The predicted octanol–water partition coefficient (Wildman–Crippen LogP) is 4.60. The highest BCUT2D eigenvalue weighted by atomic mass is 32.1. The molecule has 2 aromatic rings. The summed E-state index contributed by atoms with van der Waals surface area (Å²) in [6.07, 6.45) is 0. The lowest BCUT2D eigenvalue weighted by Gasteiger charge is -2.22. The molecule has 106 valence electrons. The quantitative estimate of drug-likeness (QED) is 0.647. The fourth-order valence-electron chi connectivity index (χ4n) is 1.94. The Morgan fingerprint density at radius 3 is 2.65 bits per heavy atom. The Bertz CT molecular complexity index is 599. The van der Waals surface area contributed by atoms with Crippen molar-refractivity contribution in [2.24, 2.45) is 5.92 Å². The molecule has 1 N–H and O–H groups in total. The highest BCUT2D eigenvalue weighted by molar-refractivity contribution is 7.10. The van der Waals surface area contributed by atoms with Crippen LogP contribution in [0.5, 0.6) is 0 Å². The summed E-state index contributed by atoms with van der Waals surface area (Å²) in [6.45, 7) is 4.04. The van der Waals surface area contributed by atoms with E-state index in [1.165, 1.54) is 6.07 Å². The van der Waals surface area contributed by atoms with Gasteiger partial charge in [-0.15, -0.1) is 11.3 Å². The molecule has 1 aromatic heterocycles. The Morgan fingerprint density at radius 2 is 2.10 bits per heavy atom. The van der Waals surface area contributed by atoms with Crippen LogP contribution in [-0.4, -0.2) is 4.92 Å². The maximum Gasteiger partial charge on any atom is 0.271 e. The van der Waals surface area contributed by atoms with Crippen molar-refractivity contribution in [2.75, 3.05) is 5.32 Å². The SMILES string of the molecule is CC(C)C(Nc1cc([N+](=O)[O-])ccc1F)c1cccs1. The summed E-state index contributed by atoms with van der Waals surface area (Å²) >= 11 is 1.58. The number of hydrogen-bond acceptors (Lipinski definition) is 4. The van der Waals surface area contributed by atoms with Crippen molar-refractivity contribution in [2.45, 2.75) is 19.9 Å². The molecule has 0 fully saturated rings. The molecule has 0 bridgehead atoms. The van der Waals surface area contributed by atoms with Gasteiger partial charge in [-0.3, -0.25) is 10.1 Å². The first-order chi connectivity index (χ1) is 9.49. The van der Waals surface area contributed by atoms with Crippen molar-refractivity contribution < 1.29 is 9.31 Å². The summed E-state index contributed by atoms with van der Waals surface area (Å²) in [4.78, 5) is 11.3. The smallest absolute Gasteiger partial charge is 0.271 e. The van der Waals surface area contributed by atoms with Crippen molar-refractivity contribution in [1.82, 2.24) is 0 Å². The molecule has 0 spiro atoms. The third kappa shape index (κ3) is 3.14. The van der Waals surface area contributed by atoms with Crippen LogP contribution in [0, 0.1) is 21.8 Å². The van der Waals surface area contributed by atoms with Gasteiger partial charge in [0.15, 0.2) is 0 Å². The Morgan fingerprint density at radius 1 is 1.35 bits per heavy atom. The van der Waals surface area contributed by atoms with Crippen molar-refractivity contribution in [3.05, 3.63) is 56.5 Å². The van der Waals surface area contributed by atoms with Gasteiger partial charge in [0.1, 0.15) is 5.82 Å². The van der Waals surface area contributed by atoms with Gasteiger partial charge in [0, 0.05) is 17.0 Å². The highest BCUT2D eigenvalue weighted by Gasteiger charge is 2.19. The predicted molar refractivity (Wildman–Crippen MR) is 78.6 cm³/mol. The fourth-order valence-corrected chi connectivity index (χ4v) is 2.89. The maximum atomic E-state index is 13.8. The first kappa shape index (κ1) is 14.5. The average Bonchev–Trinajstić information content (AvgIpc) is 2.90. The molecular formula is C14H15FN2O2S. The van der Waals surface area contributed by atoms with E-state index in [1.807, 2.05) is 31.4 Å². The molecule has 0 amide bonds. The summed E-state index contributed by atoms with van der Waals surface area (Å²) in [5, 5.41) is 15.8. The van der Waals surface area contributed by atoms with E-state index in [1.54, 1.807) is 11.3 Å². The summed E-state index contributed by atoms with van der Waals surface area (Å²) in [5.41, 5.74) is 0.0360. The number of benzene rings is 1. The molecule has 0 aliphatic heterocycles. The number of halogens is 1. The highest BCUT2D eigenvalue weighted by Crippen LogP contribution is 2.32. The van der Waals surface area contributed by atoms with Gasteiger partial charge < -0.3 is 5.32 Å². The van der Waals surface area contributed by atoms with E-state index in [2.05, 4.69) is 5.32 Å². The minimum absolute atomic E-state index is 0.0773. The van der Waals surface area contributed by atoms with Crippen LogP contribution in [-0.2, 0) is 0 Å². The van der Waals surface area contributed by atoms with Crippen LogP contribution in [0.2, 0.25) is 0 Å². The molecule has 1 heterocycles. The topological polar surface area (TPSA) is 55.2 Å². The molecule has 20 heavy (non-hydrogen) atoms. The second-order valence-corrected chi connectivity index (χ2v) is 5.78. The van der Waals surface area contributed by atoms with Crippen LogP contribution in [0.1, 0.15) is 24.8 Å². The lowest BCUT2D eigenvalue weighted by molar-refractivity contribution is -0.384. The molecule has 1 atom stereocenters. The second-order valence-electron chi connectivity index (χ2n) is 4.80. The second kappa shape index (κ2) is 6.00. The minimum atomic E-state index is -0.528. The van der Waals surface area contributed by atoms with Gasteiger partial charge in [0.05, 0.1) is 16.7 Å². The summed E-state index contributed by atoms with van der Waals surface area (Å²) in [5.74, 6) is -0.259. The molecule has 4 nitrogen and oxygen atoms in total. The van der Waals surface area contributed by atoms with E-state index >= 15 is 0 Å². The zero-order valence-electron chi connectivity index (χ0n) is 11.2. The number of nitrogens with zero attached hydrogens (tertiary/aromatic N) is 1. The number of hydrogen-bond donors (Lipinski definition) is 1. The molecule has 0 aliphatic carbocycles. The van der Waals surface area contributed by atoms with Crippen LogP contribution in [0.3, 0.4) is 0 Å². The minimum Gasteiger partial charge on any atom is -0.375 e. The molecular weight excluding hydrogens is 279 g/mol. The molecule has 2 rings (SSSR count). The standard InChI is InChI=1S/C14H15FN2O2S/c1-9(2)14(13-4-3-7-20-13)16-12-8-10(17(18)19)5-6-11(12)15/h3-9,14,16H,1-2H3.